The van der Waals surface area contributed by atoms with Crippen molar-refractivity contribution in [3.05, 3.63) is 35.8 Å². The lowest BCUT2D eigenvalue weighted by atomic mass is 9.36. The monoisotopic (exact) mass is 496 g/mol. The summed E-state index contributed by atoms with van der Waals surface area (Å²) in [6, 6.07) is 2.06. The van der Waals surface area contributed by atoms with E-state index < -0.39 is 22.3 Å². The minimum atomic E-state index is -0.602. The third-order valence-corrected chi connectivity index (χ3v) is 11.0. The predicted octanol–water partition coefficient (Wildman–Crippen LogP) is 6.00. The number of carbonyl (C=O) groups is 3. The molecule has 3 saturated carbocycles. The number of ether oxygens (including phenoxy) is 2. The van der Waals surface area contributed by atoms with E-state index in [9.17, 15) is 14.4 Å². The van der Waals surface area contributed by atoms with Crippen molar-refractivity contribution >= 4 is 17.7 Å². The molecule has 0 unspecified atom stereocenters. The zero-order valence-electron chi connectivity index (χ0n) is 22.7. The molecule has 1 aromatic heterocycles. The molecule has 4 aliphatic carbocycles. The Morgan fingerprint density at radius 3 is 2.28 bits per heavy atom. The highest BCUT2D eigenvalue weighted by Gasteiger charge is 2.72. The van der Waals surface area contributed by atoms with Crippen LogP contribution < -0.4 is 0 Å². The molecule has 1 heterocycles. The topological polar surface area (TPSA) is 82.8 Å². The lowest BCUT2D eigenvalue weighted by Crippen LogP contribution is -2.69. The van der Waals surface area contributed by atoms with Crippen molar-refractivity contribution in [2.45, 2.75) is 98.7 Å². The van der Waals surface area contributed by atoms with Gasteiger partial charge in [0.05, 0.1) is 12.5 Å². The molecule has 6 heteroatoms. The summed E-state index contributed by atoms with van der Waals surface area (Å²) in [5.74, 6) is -0.209. The van der Waals surface area contributed by atoms with Crippen LogP contribution in [0.15, 0.2) is 34.7 Å². The Kier molecular flexibility index (Phi) is 5.66. The molecular formula is C30H40O6. The smallest absolute Gasteiger partial charge is 0.302 e. The summed E-state index contributed by atoms with van der Waals surface area (Å²) < 4.78 is 17.6. The number of Topliss-reactive ketones (excluding diaryl/α,β-unsaturated/α-hetero) is 1. The summed E-state index contributed by atoms with van der Waals surface area (Å²) in [5, 5.41) is 0. The summed E-state index contributed by atoms with van der Waals surface area (Å²) in [4.78, 5) is 38.0. The fourth-order valence-electron chi connectivity index (χ4n) is 9.39. The summed E-state index contributed by atoms with van der Waals surface area (Å²) in [7, 11) is 0. The van der Waals surface area contributed by atoms with E-state index in [0.29, 0.717) is 12.3 Å². The first-order chi connectivity index (χ1) is 16.8. The van der Waals surface area contributed by atoms with E-state index in [4.69, 9.17) is 13.9 Å². The van der Waals surface area contributed by atoms with Crippen LogP contribution in [0.5, 0.6) is 0 Å². The van der Waals surface area contributed by atoms with Crippen molar-refractivity contribution in [1.82, 2.24) is 0 Å². The van der Waals surface area contributed by atoms with Crippen molar-refractivity contribution in [1.29, 1.82) is 0 Å². The number of furan rings is 1. The Morgan fingerprint density at radius 2 is 1.67 bits per heavy atom. The lowest BCUT2D eigenvalue weighted by Gasteiger charge is -2.68. The van der Waals surface area contributed by atoms with Crippen LogP contribution >= 0.6 is 0 Å². The number of carbonyl (C=O) groups excluding carboxylic acids is 3. The maximum atomic E-state index is 13.4. The molecule has 1 aromatic rings. The molecule has 3 fully saturated rings. The number of ketones is 1. The van der Waals surface area contributed by atoms with Crippen molar-refractivity contribution < 1.29 is 28.3 Å². The second kappa shape index (κ2) is 8.06. The van der Waals surface area contributed by atoms with E-state index in [2.05, 4.69) is 32.9 Å². The Balaban J connectivity index is 1.66. The highest BCUT2D eigenvalue weighted by molar-refractivity contribution is 5.86. The Bertz CT molecular complexity index is 1110. The van der Waals surface area contributed by atoms with Crippen LogP contribution in [0.4, 0.5) is 0 Å². The first-order valence-corrected chi connectivity index (χ1v) is 13.4. The van der Waals surface area contributed by atoms with Crippen LogP contribution in [-0.4, -0.2) is 29.9 Å². The van der Waals surface area contributed by atoms with Crippen molar-refractivity contribution in [3.63, 3.8) is 0 Å². The summed E-state index contributed by atoms with van der Waals surface area (Å²) in [6.45, 7) is 13.8. The largest absolute Gasteiger partial charge is 0.472 e. The Labute approximate surface area is 214 Å². The second-order valence-electron chi connectivity index (χ2n) is 13.0. The second-order valence-corrected chi connectivity index (χ2v) is 13.0. The van der Waals surface area contributed by atoms with Gasteiger partial charge in [-0.15, -0.1) is 0 Å². The number of hydrogen-bond acceptors (Lipinski definition) is 6. The molecule has 0 aliphatic heterocycles. The van der Waals surface area contributed by atoms with Crippen LogP contribution in [0.3, 0.4) is 0 Å². The summed E-state index contributed by atoms with van der Waals surface area (Å²) >= 11 is 0. The number of fused-ring (bicyclic) bond motifs is 5. The normalized spacial score (nSPS) is 43.0. The van der Waals surface area contributed by atoms with Gasteiger partial charge in [0.1, 0.15) is 18.0 Å². The van der Waals surface area contributed by atoms with Crippen LogP contribution in [0.25, 0.3) is 0 Å². The van der Waals surface area contributed by atoms with E-state index in [-0.39, 0.29) is 47.5 Å². The van der Waals surface area contributed by atoms with Gasteiger partial charge in [-0.25, -0.2) is 0 Å². The minimum absolute atomic E-state index is 0.0749. The minimum Gasteiger partial charge on any atom is -0.472 e. The first-order valence-electron chi connectivity index (χ1n) is 13.4. The highest BCUT2D eigenvalue weighted by Crippen LogP contribution is 2.74. The summed E-state index contributed by atoms with van der Waals surface area (Å²) in [5.41, 5.74) is 1.00. The van der Waals surface area contributed by atoms with Gasteiger partial charge in [0.2, 0.25) is 0 Å². The fraction of sp³-hybridized carbons (Fsp3) is 0.700. The average Bonchev–Trinajstić information content (AvgIpc) is 3.41. The van der Waals surface area contributed by atoms with Gasteiger partial charge < -0.3 is 13.9 Å². The highest BCUT2D eigenvalue weighted by atomic mass is 16.5. The Hall–Kier alpha value is -2.37. The number of rotatable bonds is 3. The van der Waals surface area contributed by atoms with E-state index in [1.165, 1.54) is 25.0 Å². The average molecular weight is 497 g/mol. The molecule has 0 spiro atoms. The third-order valence-electron chi connectivity index (χ3n) is 11.0. The molecule has 36 heavy (non-hydrogen) atoms. The lowest BCUT2D eigenvalue weighted by molar-refractivity contribution is -0.234. The molecule has 8 atom stereocenters. The number of esters is 2. The van der Waals surface area contributed by atoms with Gasteiger partial charge in [-0.1, -0.05) is 46.3 Å². The zero-order valence-corrected chi connectivity index (χ0v) is 22.7. The molecule has 0 N–H and O–H groups in total. The van der Waals surface area contributed by atoms with Crippen LogP contribution in [0, 0.1) is 33.5 Å². The van der Waals surface area contributed by atoms with Crippen molar-refractivity contribution in [3.8, 4) is 0 Å². The molecule has 0 radical (unpaired) electrons. The predicted molar refractivity (Wildman–Crippen MR) is 134 cm³/mol. The SMILES string of the molecule is CC(=O)O[C@H]1CC(=O)C(C)(C)[C@@H]2C[C@@H](OC(C)=O)[C@@]3(C)C4=CC[C@@H](c5ccoc5)[C@]4(C)CC[C@@H]3[C@@]12C. The maximum absolute atomic E-state index is 13.4. The van der Waals surface area contributed by atoms with Gasteiger partial charge in [-0.3, -0.25) is 14.4 Å². The van der Waals surface area contributed by atoms with E-state index >= 15 is 0 Å². The standard InChI is InChI=1S/C30H40O6/c1-17(31)35-25-14-23-27(3,4)24(33)15-26(36-18(2)32)30(23,7)22-10-12-28(5)20(19-11-13-34-16-19)8-9-21(28)29(22,25)6/h9,11,13,16,20,22-23,25-26H,8,10,12,14-15H2,1-7H3/t20-,22-,23-,25+,26-,28-,29-,30+/m0/s1. The number of allylic oxidation sites excluding steroid dienone is 1. The van der Waals surface area contributed by atoms with Gasteiger partial charge in [0.15, 0.2) is 0 Å². The quantitative estimate of drug-likeness (QED) is 0.377. The molecule has 0 bridgehead atoms. The van der Waals surface area contributed by atoms with Crippen LogP contribution in [0.2, 0.25) is 0 Å². The number of hydrogen-bond donors (Lipinski definition) is 0. The van der Waals surface area contributed by atoms with Crippen LogP contribution in [0.1, 0.15) is 92.1 Å². The molecule has 0 amide bonds. The molecule has 196 valence electrons. The maximum Gasteiger partial charge on any atom is 0.302 e. The van der Waals surface area contributed by atoms with E-state index in [1.54, 1.807) is 6.26 Å². The molecule has 6 nitrogen and oxygen atoms in total. The summed E-state index contributed by atoms with van der Waals surface area (Å²) in [6.07, 6.45) is 8.74. The third kappa shape index (κ3) is 3.24. The molecular weight excluding hydrogens is 456 g/mol. The van der Waals surface area contributed by atoms with E-state index in [0.717, 1.165) is 19.3 Å². The van der Waals surface area contributed by atoms with Gasteiger partial charge in [-0.05, 0) is 60.5 Å². The molecule has 0 saturated heterocycles. The molecule has 0 aromatic carbocycles. The molecule has 5 rings (SSSR count). The van der Waals surface area contributed by atoms with Gasteiger partial charge >= 0.3 is 11.9 Å². The van der Waals surface area contributed by atoms with Crippen LogP contribution in [-0.2, 0) is 23.9 Å². The fourth-order valence-corrected chi connectivity index (χ4v) is 9.39. The van der Waals surface area contributed by atoms with Gasteiger partial charge in [-0.2, -0.15) is 0 Å². The van der Waals surface area contributed by atoms with Gasteiger partial charge in [0, 0.05) is 36.5 Å². The zero-order chi connectivity index (χ0) is 26.3. The van der Waals surface area contributed by atoms with E-state index in [1.807, 2.05) is 20.1 Å². The van der Waals surface area contributed by atoms with Crippen molar-refractivity contribution in [2.24, 2.45) is 33.5 Å². The Morgan fingerprint density at radius 1 is 1.00 bits per heavy atom. The first kappa shape index (κ1) is 25.3. The van der Waals surface area contributed by atoms with Gasteiger partial charge in [0.25, 0.3) is 0 Å². The molecule has 4 aliphatic rings. The van der Waals surface area contributed by atoms with Crippen molar-refractivity contribution in [2.75, 3.05) is 0 Å².